The molecule has 0 saturated heterocycles. The van der Waals surface area contributed by atoms with Gasteiger partial charge in [0.25, 0.3) is 0 Å². The summed E-state index contributed by atoms with van der Waals surface area (Å²) in [6, 6.07) is 0. The summed E-state index contributed by atoms with van der Waals surface area (Å²) in [5.74, 6) is 0. The van der Waals surface area contributed by atoms with Gasteiger partial charge in [0.1, 0.15) is 0 Å². The van der Waals surface area contributed by atoms with Gasteiger partial charge in [0.15, 0.2) is 10.3 Å². The third-order valence-corrected chi connectivity index (χ3v) is 1.05. The smallest absolute Gasteiger partial charge is 0.217 e. The van der Waals surface area contributed by atoms with Crippen LogP contribution in [0.3, 0.4) is 0 Å². The fourth-order valence-corrected chi connectivity index (χ4v) is 0.825. The maximum absolute atomic E-state index is 10.4. The van der Waals surface area contributed by atoms with E-state index in [1.807, 2.05) is 0 Å². The van der Waals surface area contributed by atoms with Crippen molar-refractivity contribution in [2.75, 3.05) is 0 Å². The topological polar surface area (TPSA) is 39.8 Å². The van der Waals surface area contributed by atoms with E-state index >= 15 is 0 Å². The van der Waals surface area contributed by atoms with Crippen LogP contribution >= 0.6 is 23.2 Å². The monoisotopic (exact) mass is 164 g/mol. The Morgan fingerprint density at radius 2 is 1.78 bits per heavy atom. The zero-order chi connectivity index (χ0) is 6.85. The van der Waals surface area contributed by atoms with Gasteiger partial charge in [-0.1, -0.05) is 23.2 Å². The molecule has 5 heteroatoms. The van der Waals surface area contributed by atoms with Crippen LogP contribution in [-0.2, 0) is 0 Å². The first-order valence-corrected chi connectivity index (χ1v) is 2.86. The van der Waals surface area contributed by atoms with Crippen molar-refractivity contribution in [2.24, 2.45) is 0 Å². The van der Waals surface area contributed by atoms with Gasteiger partial charge < -0.3 is 5.21 Å². The number of nitrogens with zero attached hydrogens (tertiary/aromatic N) is 2. The Bertz CT molecular complexity index is 177. The lowest BCUT2D eigenvalue weighted by Gasteiger charge is -1.93. The molecule has 9 heavy (non-hydrogen) atoms. The Morgan fingerprint density at radius 1 is 1.33 bits per heavy atom. The van der Waals surface area contributed by atoms with Crippen molar-refractivity contribution >= 4 is 23.2 Å². The fraction of sp³-hybridized carbons (Fsp3) is 0. The van der Waals surface area contributed by atoms with E-state index in [4.69, 9.17) is 23.2 Å². The summed E-state index contributed by atoms with van der Waals surface area (Å²) in [6.07, 6.45) is 2.24. The molecule has 0 aliphatic carbocycles. The number of halogens is 2. The molecule has 0 aliphatic heterocycles. The molecule has 48 valence electrons. The van der Waals surface area contributed by atoms with Crippen LogP contribution in [0.5, 0.6) is 0 Å². The molecule has 0 amide bonds. The minimum Gasteiger partial charge on any atom is -0.619 e. The van der Waals surface area contributed by atoms with E-state index < -0.39 is 0 Å². The maximum atomic E-state index is 10.4. The molecule has 0 radical (unpaired) electrons. The summed E-state index contributed by atoms with van der Waals surface area (Å²) in [4.78, 5) is 3.54. The number of aromatic nitrogens is 2. The van der Waals surface area contributed by atoms with Crippen LogP contribution in [0.1, 0.15) is 0 Å². The quantitative estimate of drug-likeness (QED) is 0.425. The van der Waals surface area contributed by atoms with Crippen LogP contribution in [-0.4, -0.2) is 4.98 Å². The minimum absolute atomic E-state index is 0.0949. The average molecular weight is 165 g/mol. The zero-order valence-corrected chi connectivity index (χ0v) is 5.73. The maximum Gasteiger partial charge on any atom is 0.217 e. The molecular weight excluding hydrogens is 163 g/mol. The van der Waals surface area contributed by atoms with E-state index in [1.165, 1.54) is 0 Å². The standard InChI is InChI=1S/C4H2Cl2N2O/c5-3-1-8(9)2-4(6)7-3/h1-2H. The van der Waals surface area contributed by atoms with Crippen LogP contribution in [0.2, 0.25) is 10.3 Å². The Labute approximate surface area is 61.4 Å². The molecule has 1 rings (SSSR count). The summed E-state index contributed by atoms with van der Waals surface area (Å²) in [5, 5.41) is 10.6. The van der Waals surface area contributed by atoms with Crippen molar-refractivity contribution < 1.29 is 4.73 Å². The van der Waals surface area contributed by atoms with Gasteiger partial charge in [0, 0.05) is 0 Å². The second-order valence-corrected chi connectivity index (χ2v) is 2.15. The summed E-state index contributed by atoms with van der Waals surface area (Å²) in [7, 11) is 0. The zero-order valence-electron chi connectivity index (χ0n) is 4.21. The van der Waals surface area contributed by atoms with E-state index in [-0.39, 0.29) is 10.3 Å². The van der Waals surface area contributed by atoms with E-state index in [1.54, 1.807) is 0 Å². The summed E-state index contributed by atoms with van der Waals surface area (Å²) in [5.41, 5.74) is 0. The lowest BCUT2D eigenvalue weighted by Crippen LogP contribution is -2.24. The second kappa shape index (κ2) is 2.37. The minimum atomic E-state index is 0.0949. The fourth-order valence-electron chi connectivity index (χ4n) is 0.407. The summed E-state index contributed by atoms with van der Waals surface area (Å²) < 4.78 is 0.498. The molecule has 1 aromatic heterocycles. The number of hydrogen-bond donors (Lipinski definition) is 0. The van der Waals surface area contributed by atoms with Gasteiger partial charge >= 0.3 is 0 Å². The molecule has 0 fully saturated rings. The highest BCUT2D eigenvalue weighted by Gasteiger charge is 1.98. The predicted molar refractivity (Wildman–Crippen MR) is 33.2 cm³/mol. The normalized spacial score (nSPS) is 9.56. The highest BCUT2D eigenvalue weighted by atomic mass is 35.5. The van der Waals surface area contributed by atoms with Crippen LogP contribution < -0.4 is 4.73 Å². The highest BCUT2D eigenvalue weighted by Crippen LogP contribution is 2.04. The third-order valence-electron chi connectivity index (χ3n) is 0.681. The first-order chi connectivity index (χ1) is 4.18. The molecule has 0 spiro atoms. The van der Waals surface area contributed by atoms with E-state index in [2.05, 4.69) is 4.98 Å². The largest absolute Gasteiger partial charge is 0.619 e. The Kier molecular flexibility index (Phi) is 1.73. The highest BCUT2D eigenvalue weighted by molar-refractivity contribution is 6.31. The van der Waals surface area contributed by atoms with Crippen molar-refractivity contribution in [1.82, 2.24) is 4.98 Å². The van der Waals surface area contributed by atoms with Gasteiger partial charge in [-0.2, -0.15) is 4.73 Å². The van der Waals surface area contributed by atoms with E-state index in [0.717, 1.165) is 12.4 Å². The van der Waals surface area contributed by atoms with Gasteiger partial charge in [-0.3, -0.25) is 0 Å². The van der Waals surface area contributed by atoms with Gasteiger partial charge in [0.05, 0.1) is 0 Å². The molecule has 1 aromatic rings. The third kappa shape index (κ3) is 1.69. The van der Waals surface area contributed by atoms with Crippen molar-refractivity contribution in [1.29, 1.82) is 0 Å². The first kappa shape index (κ1) is 6.58. The average Bonchev–Trinajstić information content (AvgIpc) is 1.59. The number of hydrogen-bond acceptors (Lipinski definition) is 2. The van der Waals surface area contributed by atoms with Crippen molar-refractivity contribution in [3.63, 3.8) is 0 Å². The second-order valence-electron chi connectivity index (χ2n) is 1.38. The Hall–Kier alpha value is -0.540. The van der Waals surface area contributed by atoms with Gasteiger partial charge in [-0.15, -0.1) is 0 Å². The number of rotatable bonds is 0. The first-order valence-electron chi connectivity index (χ1n) is 2.10. The van der Waals surface area contributed by atoms with E-state index in [0.29, 0.717) is 4.73 Å². The molecule has 0 aromatic carbocycles. The van der Waals surface area contributed by atoms with Crippen molar-refractivity contribution in [2.45, 2.75) is 0 Å². The van der Waals surface area contributed by atoms with Crippen LogP contribution in [0.15, 0.2) is 12.4 Å². The van der Waals surface area contributed by atoms with Crippen molar-refractivity contribution in [3.8, 4) is 0 Å². The Balaban J connectivity index is 3.17. The van der Waals surface area contributed by atoms with Crippen molar-refractivity contribution in [3.05, 3.63) is 27.9 Å². The lowest BCUT2D eigenvalue weighted by molar-refractivity contribution is -0.605. The van der Waals surface area contributed by atoms with E-state index in [9.17, 15) is 5.21 Å². The SMILES string of the molecule is [O-][n+]1cc(Cl)nc(Cl)c1. The molecule has 0 unspecified atom stereocenters. The Morgan fingerprint density at radius 3 is 2.11 bits per heavy atom. The molecule has 0 saturated carbocycles. The molecular formula is C4H2Cl2N2O. The summed E-state index contributed by atoms with van der Waals surface area (Å²) >= 11 is 10.7. The van der Waals surface area contributed by atoms with Crippen LogP contribution in [0, 0.1) is 5.21 Å². The van der Waals surface area contributed by atoms with Crippen LogP contribution in [0.4, 0.5) is 0 Å². The molecule has 0 atom stereocenters. The van der Waals surface area contributed by atoms with Gasteiger partial charge in [-0.05, 0) is 0 Å². The molecule has 1 heterocycles. The van der Waals surface area contributed by atoms with Gasteiger partial charge in [-0.25, -0.2) is 4.98 Å². The molecule has 3 nitrogen and oxygen atoms in total. The lowest BCUT2D eigenvalue weighted by atomic mass is 10.8. The molecule has 0 N–H and O–H groups in total. The summed E-state index contributed by atoms with van der Waals surface area (Å²) in [6.45, 7) is 0. The van der Waals surface area contributed by atoms with Crippen LogP contribution in [0.25, 0.3) is 0 Å². The molecule has 0 bridgehead atoms. The van der Waals surface area contributed by atoms with Gasteiger partial charge in [0.2, 0.25) is 12.4 Å². The predicted octanol–water partition coefficient (Wildman–Crippen LogP) is 1.02. The molecule has 0 aliphatic rings.